The van der Waals surface area contributed by atoms with Gasteiger partial charge in [-0.2, -0.15) is 5.10 Å². The summed E-state index contributed by atoms with van der Waals surface area (Å²) in [7, 11) is 4.96. The number of benzene rings is 1. The van der Waals surface area contributed by atoms with E-state index in [1.807, 2.05) is 6.92 Å². The lowest BCUT2D eigenvalue weighted by molar-refractivity contribution is 0.102. The summed E-state index contributed by atoms with van der Waals surface area (Å²) < 4.78 is 17.5. The van der Waals surface area contributed by atoms with Crippen LogP contribution >= 0.6 is 0 Å². The molecule has 0 saturated carbocycles. The van der Waals surface area contributed by atoms with Crippen LogP contribution in [-0.4, -0.2) is 43.1 Å². The fourth-order valence-corrected chi connectivity index (χ4v) is 2.02. The molecular weight excluding hydrogens is 298 g/mol. The molecule has 124 valence electrons. The molecule has 0 unspecified atom stereocenters. The number of aryl methyl sites for hydroxylation is 1. The number of hydrogen-bond acceptors (Lipinski definition) is 5. The van der Waals surface area contributed by atoms with Gasteiger partial charge in [0.1, 0.15) is 6.61 Å². The van der Waals surface area contributed by atoms with Gasteiger partial charge in [0.25, 0.3) is 5.91 Å². The van der Waals surface area contributed by atoms with Crippen molar-refractivity contribution in [2.45, 2.75) is 6.92 Å². The number of nitrogens with zero attached hydrogens (tertiary/aromatic N) is 2. The predicted octanol–water partition coefficient (Wildman–Crippen LogP) is 2.01. The Labute approximate surface area is 135 Å². The van der Waals surface area contributed by atoms with E-state index in [1.54, 1.807) is 50.3 Å². The SMILES string of the molecule is COCCOc1cc(NC(=O)c2cnn(C)c2C)ccc1OC. The Morgan fingerprint density at radius 1 is 1.26 bits per heavy atom. The number of nitrogens with one attached hydrogen (secondary N) is 1. The number of aromatic nitrogens is 2. The van der Waals surface area contributed by atoms with E-state index >= 15 is 0 Å². The number of ether oxygens (including phenoxy) is 3. The van der Waals surface area contributed by atoms with Crippen LogP contribution in [0.5, 0.6) is 11.5 Å². The second-order valence-corrected chi connectivity index (χ2v) is 4.93. The van der Waals surface area contributed by atoms with Gasteiger partial charge in [-0.3, -0.25) is 9.48 Å². The van der Waals surface area contributed by atoms with Crippen molar-refractivity contribution in [1.29, 1.82) is 0 Å². The van der Waals surface area contributed by atoms with Gasteiger partial charge in [-0.1, -0.05) is 0 Å². The van der Waals surface area contributed by atoms with Gasteiger partial charge in [-0.15, -0.1) is 0 Å². The third kappa shape index (κ3) is 4.01. The molecule has 1 heterocycles. The average Bonchev–Trinajstić information content (AvgIpc) is 2.87. The van der Waals surface area contributed by atoms with Crippen LogP contribution in [0.2, 0.25) is 0 Å². The molecule has 23 heavy (non-hydrogen) atoms. The maximum absolute atomic E-state index is 12.3. The fourth-order valence-electron chi connectivity index (χ4n) is 2.02. The van der Waals surface area contributed by atoms with Gasteiger partial charge in [0.15, 0.2) is 11.5 Å². The molecule has 7 nitrogen and oxygen atoms in total. The minimum atomic E-state index is -0.219. The lowest BCUT2D eigenvalue weighted by atomic mass is 10.2. The van der Waals surface area contributed by atoms with Crippen molar-refractivity contribution in [2.24, 2.45) is 7.05 Å². The minimum absolute atomic E-state index is 0.219. The summed E-state index contributed by atoms with van der Waals surface area (Å²) in [6.07, 6.45) is 1.55. The van der Waals surface area contributed by atoms with Crippen LogP contribution in [0, 0.1) is 6.92 Å². The molecule has 0 saturated heterocycles. The largest absolute Gasteiger partial charge is 0.493 e. The Balaban J connectivity index is 2.14. The van der Waals surface area contributed by atoms with E-state index in [1.165, 1.54) is 0 Å². The van der Waals surface area contributed by atoms with Crippen LogP contribution in [0.4, 0.5) is 5.69 Å². The van der Waals surface area contributed by atoms with Crippen molar-refractivity contribution in [3.8, 4) is 11.5 Å². The standard InChI is InChI=1S/C16H21N3O4/c1-11-13(10-17-19(11)2)16(20)18-12-5-6-14(22-4)15(9-12)23-8-7-21-3/h5-6,9-10H,7-8H2,1-4H3,(H,18,20). The number of rotatable bonds is 7. The molecule has 0 spiro atoms. The van der Waals surface area contributed by atoms with E-state index in [0.717, 1.165) is 5.69 Å². The van der Waals surface area contributed by atoms with Crippen molar-refractivity contribution < 1.29 is 19.0 Å². The summed E-state index contributed by atoms with van der Waals surface area (Å²) in [5.74, 6) is 0.922. The summed E-state index contributed by atoms with van der Waals surface area (Å²) in [4.78, 5) is 12.3. The van der Waals surface area contributed by atoms with E-state index in [2.05, 4.69) is 10.4 Å². The summed E-state index contributed by atoms with van der Waals surface area (Å²) in [6, 6.07) is 5.22. The smallest absolute Gasteiger partial charge is 0.259 e. The molecule has 0 radical (unpaired) electrons. The predicted molar refractivity (Wildman–Crippen MR) is 86.3 cm³/mol. The average molecular weight is 319 g/mol. The first kappa shape index (κ1) is 16.8. The van der Waals surface area contributed by atoms with E-state index < -0.39 is 0 Å². The highest BCUT2D eigenvalue weighted by Crippen LogP contribution is 2.30. The Morgan fingerprint density at radius 3 is 2.65 bits per heavy atom. The molecule has 0 aliphatic heterocycles. The molecule has 0 fully saturated rings. The number of amides is 1. The van der Waals surface area contributed by atoms with Gasteiger partial charge in [-0.05, 0) is 19.1 Å². The number of carbonyl (C=O) groups is 1. The number of hydrogen-bond donors (Lipinski definition) is 1. The first-order valence-electron chi connectivity index (χ1n) is 7.16. The Kier molecular flexibility index (Phi) is 5.59. The fraction of sp³-hybridized carbons (Fsp3) is 0.375. The highest BCUT2D eigenvalue weighted by atomic mass is 16.5. The molecule has 0 atom stereocenters. The number of methoxy groups -OCH3 is 2. The summed E-state index contributed by atoms with van der Waals surface area (Å²) in [5, 5.41) is 6.91. The van der Waals surface area contributed by atoms with Gasteiger partial charge in [0, 0.05) is 31.6 Å². The lowest BCUT2D eigenvalue weighted by Gasteiger charge is -2.12. The minimum Gasteiger partial charge on any atom is -0.493 e. The van der Waals surface area contributed by atoms with Crippen LogP contribution in [0.1, 0.15) is 16.1 Å². The zero-order valence-electron chi connectivity index (χ0n) is 13.8. The molecule has 1 amide bonds. The summed E-state index contributed by atoms with van der Waals surface area (Å²) in [6.45, 7) is 2.70. The Morgan fingerprint density at radius 2 is 2.04 bits per heavy atom. The first-order chi connectivity index (χ1) is 11.1. The quantitative estimate of drug-likeness (QED) is 0.790. The zero-order valence-corrected chi connectivity index (χ0v) is 13.8. The van der Waals surface area contributed by atoms with E-state index in [9.17, 15) is 4.79 Å². The highest BCUT2D eigenvalue weighted by Gasteiger charge is 2.14. The Bertz CT molecular complexity index is 682. The molecular formula is C16H21N3O4. The van der Waals surface area contributed by atoms with Crippen molar-refractivity contribution in [3.05, 3.63) is 35.7 Å². The van der Waals surface area contributed by atoms with Gasteiger partial charge in [0.2, 0.25) is 0 Å². The zero-order chi connectivity index (χ0) is 16.8. The molecule has 0 aliphatic rings. The number of anilines is 1. The van der Waals surface area contributed by atoms with Gasteiger partial charge < -0.3 is 19.5 Å². The van der Waals surface area contributed by atoms with Gasteiger partial charge >= 0.3 is 0 Å². The van der Waals surface area contributed by atoms with Gasteiger partial charge in [0.05, 0.1) is 25.5 Å². The van der Waals surface area contributed by atoms with Crippen LogP contribution in [-0.2, 0) is 11.8 Å². The highest BCUT2D eigenvalue weighted by molar-refractivity contribution is 6.05. The second-order valence-electron chi connectivity index (χ2n) is 4.93. The van der Waals surface area contributed by atoms with Crippen LogP contribution < -0.4 is 14.8 Å². The maximum atomic E-state index is 12.3. The van der Waals surface area contributed by atoms with Crippen LogP contribution in [0.25, 0.3) is 0 Å². The topological polar surface area (TPSA) is 74.6 Å². The van der Waals surface area contributed by atoms with Crippen LogP contribution in [0.3, 0.4) is 0 Å². The van der Waals surface area contributed by atoms with E-state index in [-0.39, 0.29) is 5.91 Å². The third-order valence-corrected chi connectivity index (χ3v) is 3.45. The summed E-state index contributed by atoms with van der Waals surface area (Å²) >= 11 is 0. The van der Waals surface area contributed by atoms with Crippen molar-refractivity contribution >= 4 is 11.6 Å². The van der Waals surface area contributed by atoms with E-state index in [0.29, 0.717) is 36.0 Å². The van der Waals surface area contributed by atoms with Crippen molar-refractivity contribution in [1.82, 2.24) is 9.78 Å². The molecule has 0 aliphatic carbocycles. The molecule has 1 N–H and O–H groups in total. The third-order valence-electron chi connectivity index (χ3n) is 3.45. The summed E-state index contributed by atoms with van der Waals surface area (Å²) in [5.41, 5.74) is 1.95. The Hall–Kier alpha value is -2.54. The molecule has 1 aromatic heterocycles. The molecule has 2 rings (SSSR count). The lowest BCUT2D eigenvalue weighted by Crippen LogP contribution is -2.13. The maximum Gasteiger partial charge on any atom is 0.259 e. The van der Waals surface area contributed by atoms with Crippen molar-refractivity contribution in [3.63, 3.8) is 0 Å². The van der Waals surface area contributed by atoms with Crippen molar-refractivity contribution in [2.75, 3.05) is 32.8 Å². The van der Waals surface area contributed by atoms with Crippen LogP contribution in [0.15, 0.2) is 24.4 Å². The van der Waals surface area contributed by atoms with E-state index in [4.69, 9.17) is 14.2 Å². The monoisotopic (exact) mass is 319 g/mol. The normalized spacial score (nSPS) is 10.4. The molecule has 1 aromatic carbocycles. The number of carbonyl (C=O) groups excluding carboxylic acids is 1. The van der Waals surface area contributed by atoms with Gasteiger partial charge in [-0.25, -0.2) is 0 Å². The molecule has 7 heteroatoms. The first-order valence-corrected chi connectivity index (χ1v) is 7.16. The molecule has 0 bridgehead atoms. The molecule has 2 aromatic rings. The second kappa shape index (κ2) is 7.64.